The third-order valence-corrected chi connectivity index (χ3v) is 2.12. The van der Waals surface area contributed by atoms with E-state index in [2.05, 4.69) is 22.2 Å². The maximum Gasteiger partial charge on any atom is 0.237 e. The molecule has 6 heteroatoms. The molecule has 1 aromatic rings. The fourth-order valence-electron chi connectivity index (χ4n) is 1.14. The van der Waals surface area contributed by atoms with E-state index in [-0.39, 0.29) is 0 Å². The minimum Gasteiger partial charge on any atom is -0.474 e. The predicted molar refractivity (Wildman–Crippen MR) is 67.8 cm³/mol. The van der Waals surface area contributed by atoms with Gasteiger partial charge in [-0.25, -0.2) is 4.98 Å². The van der Waals surface area contributed by atoms with Gasteiger partial charge in [0, 0.05) is 13.2 Å². The lowest BCUT2D eigenvalue weighted by atomic mass is 10.5. The zero-order valence-corrected chi connectivity index (χ0v) is 11.0. The molecule has 17 heavy (non-hydrogen) atoms. The zero-order chi connectivity index (χ0) is 12.5. The number of hydrogen-bond acceptors (Lipinski definition) is 5. The van der Waals surface area contributed by atoms with Crippen molar-refractivity contribution in [1.29, 1.82) is 0 Å². The van der Waals surface area contributed by atoms with Crippen molar-refractivity contribution in [1.82, 2.24) is 9.97 Å². The van der Waals surface area contributed by atoms with Crippen molar-refractivity contribution in [2.24, 2.45) is 0 Å². The van der Waals surface area contributed by atoms with E-state index in [0.29, 0.717) is 30.1 Å². The molecule has 1 rings (SSSR count). The van der Waals surface area contributed by atoms with Gasteiger partial charge in [-0.1, -0.05) is 18.5 Å². The van der Waals surface area contributed by atoms with Crippen molar-refractivity contribution in [2.75, 3.05) is 31.7 Å². The molecule has 1 heterocycles. The average Bonchev–Trinajstić information content (AvgIpc) is 2.33. The first-order valence-corrected chi connectivity index (χ1v) is 6.12. The van der Waals surface area contributed by atoms with Crippen LogP contribution in [0.4, 0.5) is 5.95 Å². The van der Waals surface area contributed by atoms with Crippen molar-refractivity contribution < 1.29 is 9.47 Å². The highest BCUT2D eigenvalue weighted by Gasteiger charge is 2.05. The lowest BCUT2D eigenvalue weighted by Crippen LogP contribution is -2.10. The van der Waals surface area contributed by atoms with Gasteiger partial charge < -0.3 is 14.8 Å². The van der Waals surface area contributed by atoms with Gasteiger partial charge in [-0.2, -0.15) is 4.98 Å². The second-order valence-electron chi connectivity index (χ2n) is 3.34. The second-order valence-corrected chi connectivity index (χ2v) is 3.75. The Labute approximate surface area is 107 Å². The fourth-order valence-corrected chi connectivity index (χ4v) is 1.29. The van der Waals surface area contributed by atoms with Crippen LogP contribution in [0, 0.1) is 0 Å². The number of nitrogens with zero attached hydrogens (tertiary/aromatic N) is 2. The third-order valence-electron chi connectivity index (χ3n) is 1.86. The summed E-state index contributed by atoms with van der Waals surface area (Å²) in [7, 11) is 0. The van der Waals surface area contributed by atoms with Gasteiger partial charge in [-0.05, 0) is 13.3 Å². The Morgan fingerprint density at radius 2 is 2.12 bits per heavy atom. The van der Waals surface area contributed by atoms with E-state index in [4.69, 9.17) is 21.1 Å². The SMILES string of the molecule is CCCOCCOc1nc(NCC)ncc1Cl. The number of nitrogens with one attached hydrogen (secondary N) is 1. The largest absolute Gasteiger partial charge is 0.474 e. The van der Waals surface area contributed by atoms with Crippen LogP contribution in [0.3, 0.4) is 0 Å². The number of halogens is 1. The van der Waals surface area contributed by atoms with Crippen LogP contribution in [0.1, 0.15) is 20.3 Å². The molecule has 0 aromatic carbocycles. The lowest BCUT2D eigenvalue weighted by Gasteiger charge is -2.08. The van der Waals surface area contributed by atoms with Gasteiger partial charge in [0.15, 0.2) is 0 Å². The molecule has 0 saturated heterocycles. The van der Waals surface area contributed by atoms with Crippen LogP contribution in [0.25, 0.3) is 0 Å². The molecule has 1 N–H and O–H groups in total. The Balaban J connectivity index is 2.42. The summed E-state index contributed by atoms with van der Waals surface area (Å²) < 4.78 is 10.7. The van der Waals surface area contributed by atoms with Crippen molar-refractivity contribution in [3.63, 3.8) is 0 Å². The Morgan fingerprint density at radius 3 is 2.82 bits per heavy atom. The van der Waals surface area contributed by atoms with E-state index in [1.54, 1.807) is 0 Å². The highest BCUT2D eigenvalue weighted by molar-refractivity contribution is 6.31. The summed E-state index contributed by atoms with van der Waals surface area (Å²) in [6.07, 6.45) is 2.52. The van der Waals surface area contributed by atoms with Gasteiger partial charge in [0.05, 0.1) is 12.8 Å². The van der Waals surface area contributed by atoms with Gasteiger partial charge in [0.1, 0.15) is 11.6 Å². The van der Waals surface area contributed by atoms with E-state index >= 15 is 0 Å². The standard InChI is InChI=1S/C11H18ClN3O2/c1-3-5-16-6-7-17-10-9(12)8-14-11(15-10)13-4-2/h8H,3-7H2,1-2H3,(H,13,14,15). The Kier molecular flexibility index (Phi) is 6.65. The van der Waals surface area contributed by atoms with Gasteiger partial charge in [-0.3, -0.25) is 0 Å². The first-order valence-electron chi connectivity index (χ1n) is 5.74. The summed E-state index contributed by atoms with van der Waals surface area (Å²) in [5.41, 5.74) is 0. The average molecular weight is 260 g/mol. The number of hydrogen-bond donors (Lipinski definition) is 1. The molecule has 0 aliphatic carbocycles. The van der Waals surface area contributed by atoms with Crippen molar-refractivity contribution in [3.05, 3.63) is 11.2 Å². The van der Waals surface area contributed by atoms with E-state index < -0.39 is 0 Å². The van der Waals surface area contributed by atoms with Crippen LogP contribution in [0.15, 0.2) is 6.20 Å². The second kappa shape index (κ2) is 8.08. The number of ether oxygens (including phenoxy) is 2. The van der Waals surface area contributed by atoms with E-state index in [9.17, 15) is 0 Å². The first kappa shape index (κ1) is 14.0. The normalized spacial score (nSPS) is 10.3. The summed E-state index contributed by atoms with van der Waals surface area (Å²) in [6, 6.07) is 0. The monoisotopic (exact) mass is 259 g/mol. The third kappa shape index (κ3) is 5.19. The zero-order valence-electron chi connectivity index (χ0n) is 10.2. The maximum absolute atomic E-state index is 5.92. The number of aromatic nitrogens is 2. The van der Waals surface area contributed by atoms with Gasteiger partial charge in [-0.15, -0.1) is 0 Å². The van der Waals surface area contributed by atoms with Crippen LogP contribution in [0.5, 0.6) is 5.88 Å². The Bertz CT molecular complexity index is 336. The van der Waals surface area contributed by atoms with Crippen LogP contribution in [-0.4, -0.2) is 36.3 Å². The molecular weight excluding hydrogens is 242 g/mol. The maximum atomic E-state index is 5.92. The first-order chi connectivity index (χ1) is 8.27. The Hall–Kier alpha value is -1.07. The highest BCUT2D eigenvalue weighted by atomic mass is 35.5. The quantitative estimate of drug-likeness (QED) is 0.727. The minimum absolute atomic E-state index is 0.387. The fraction of sp³-hybridized carbons (Fsp3) is 0.636. The number of rotatable bonds is 8. The molecule has 1 aromatic heterocycles. The molecule has 0 aliphatic rings. The predicted octanol–water partition coefficient (Wildman–Crippen LogP) is 2.37. The molecule has 0 radical (unpaired) electrons. The molecule has 5 nitrogen and oxygen atoms in total. The van der Waals surface area contributed by atoms with Crippen molar-refractivity contribution in [3.8, 4) is 5.88 Å². The highest BCUT2D eigenvalue weighted by Crippen LogP contribution is 2.21. The minimum atomic E-state index is 0.387. The summed E-state index contributed by atoms with van der Waals surface area (Å²) in [6.45, 7) is 6.49. The molecule has 0 aliphatic heterocycles. The molecule has 96 valence electrons. The number of anilines is 1. The summed E-state index contributed by atoms with van der Waals surface area (Å²) >= 11 is 5.92. The molecule has 0 spiro atoms. The van der Waals surface area contributed by atoms with Crippen LogP contribution >= 0.6 is 11.6 Å². The lowest BCUT2D eigenvalue weighted by molar-refractivity contribution is 0.0990. The van der Waals surface area contributed by atoms with Gasteiger partial charge in [0.25, 0.3) is 0 Å². The molecule has 0 saturated carbocycles. The van der Waals surface area contributed by atoms with Gasteiger partial charge >= 0.3 is 0 Å². The van der Waals surface area contributed by atoms with Gasteiger partial charge in [0.2, 0.25) is 11.8 Å². The van der Waals surface area contributed by atoms with Crippen molar-refractivity contribution in [2.45, 2.75) is 20.3 Å². The van der Waals surface area contributed by atoms with Crippen LogP contribution in [-0.2, 0) is 4.74 Å². The molecule has 0 amide bonds. The van der Waals surface area contributed by atoms with Crippen molar-refractivity contribution >= 4 is 17.5 Å². The smallest absolute Gasteiger partial charge is 0.237 e. The van der Waals surface area contributed by atoms with Crippen LogP contribution < -0.4 is 10.1 Å². The van der Waals surface area contributed by atoms with E-state index in [1.165, 1.54) is 6.20 Å². The molecule has 0 atom stereocenters. The summed E-state index contributed by atoms with van der Waals surface area (Å²) in [5, 5.41) is 3.40. The molecular formula is C11H18ClN3O2. The molecule has 0 fully saturated rings. The molecule has 0 unspecified atom stereocenters. The Morgan fingerprint density at radius 1 is 1.29 bits per heavy atom. The molecule has 0 bridgehead atoms. The summed E-state index contributed by atoms with van der Waals surface area (Å²) in [4.78, 5) is 8.17. The topological polar surface area (TPSA) is 56.3 Å². The van der Waals surface area contributed by atoms with E-state index in [0.717, 1.165) is 19.6 Å². The summed E-state index contributed by atoms with van der Waals surface area (Å²) in [5.74, 6) is 0.902. The van der Waals surface area contributed by atoms with E-state index in [1.807, 2.05) is 6.92 Å². The van der Waals surface area contributed by atoms with Crippen LogP contribution in [0.2, 0.25) is 5.02 Å².